The minimum absolute atomic E-state index is 0.0208. The van der Waals surface area contributed by atoms with E-state index in [1.54, 1.807) is 0 Å². The topological polar surface area (TPSA) is 84.0 Å². The van der Waals surface area contributed by atoms with Crippen LogP contribution in [0.5, 0.6) is 0 Å². The van der Waals surface area contributed by atoms with Crippen molar-refractivity contribution >= 4 is 21.6 Å². The van der Waals surface area contributed by atoms with Crippen LogP contribution in [0.4, 0.5) is 16.2 Å². The monoisotopic (exact) mass is 274 g/mol. The van der Waals surface area contributed by atoms with Crippen LogP contribution in [0.25, 0.3) is 0 Å². The maximum Gasteiger partial charge on any atom is 0.224 e. The molecular weight excluding hydrogens is 259 g/mol. The molecule has 6 nitrogen and oxygen atoms in total. The number of sulfone groups is 1. The summed E-state index contributed by atoms with van der Waals surface area (Å²) >= 11 is 0. The molecule has 1 aromatic heterocycles. The van der Waals surface area contributed by atoms with Crippen LogP contribution in [0.1, 0.15) is 13.3 Å². The fourth-order valence-corrected chi connectivity index (χ4v) is 3.49. The van der Waals surface area contributed by atoms with Crippen molar-refractivity contribution in [2.45, 2.75) is 19.4 Å². The molecule has 0 radical (unpaired) electrons. The van der Waals surface area contributed by atoms with Crippen LogP contribution in [0.15, 0.2) is 6.20 Å². The van der Waals surface area contributed by atoms with Gasteiger partial charge in [-0.05, 0) is 13.3 Å². The summed E-state index contributed by atoms with van der Waals surface area (Å²) in [6, 6.07) is -0.283. The van der Waals surface area contributed by atoms with Crippen molar-refractivity contribution < 1.29 is 12.8 Å². The second-order valence-corrected chi connectivity index (χ2v) is 6.39. The van der Waals surface area contributed by atoms with Gasteiger partial charge in [0.2, 0.25) is 5.95 Å². The molecule has 1 aliphatic heterocycles. The normalized spacial score (nSPS) is 21.8. The molecule has 8 heteroatoms. The molecule has 0 spiro atoms. The molecule has 2 rings (SSSR count). The average Bonchev–Trinajstić information content (AvgIpc) is 2.63. The van der Waals surface area contributed by atoms with E-state index in [0.29, 0.717) is 18.9 Å². The zero-order chi connectivity index (χ0) is 13.2. The maximum absolute atomic E-state index is 13.5. The van der Waals surface area contributed by atoms with Gasteiger partial charge in [-0.3, -0.25) is 0 Å². The average molecular weight is 274 g/mol. The van der Waals surface area contributed by atoms with Crippen LogP contribution < -0.4 is 10.6 Å². The summed E-state index contributed by atoms with van der Waals surface area (Å²) in [5.41, 5.74) is 0. The zero-order valence-electron chi connectivity index (χ0n) is 9.98. The van der Waals surface area contributed by atoms with Crippen LogP contribution in [0, 0.1) is 5.82 Å². The summed E-state index contributed by atoms with van der Waals surface area (Å²) in [7, 11) is -2.99. The first kappa shape index (κ1) is 13.0. The predicted octanol–water partition coefficient (Wildman–Crippen LogP) is 0.646. The molecule has 1 unspecified atom stereocenters. The number of halogens is 1. The van der Waals surface area contributed by atoms with Crippen LogP contribution >= 0.6 is 0 Å². The fraction of sp³-hybridized carbons (Fsp3) is 0.600. The quantitative estimate of drug-likeness (QED) is 0.838. The van der Waals surface area contributed by atoms with Gasteiger partial charge in [0.25, 0.3) is 0 Å². The van der Waals surface area contributed by atoms with E-state index >= 15 is 0 Å². The first-order valence-corrected chi connectivity index (χ1v) is 7.55. The van der Waals surface area contributed by atoms with Gasteiger partial charge in [0.1, 0.15) is 0 Å². The summed E-state index contributed by atoms with van der Waals surface area (Å²) in [5.74, 6) is -0.0593. The number of hydrogen-bond acceptors (Lipinski definition) is 6. The molecule has 0 saturated carbocycles. The first-order chi connectivity index (χ1) is 8.50. The highest BCUT2D eigenvalue weighted by Crippen LogP contribution is 2.18. The molecule has 1 aromatic rings. The molecule has 1 saturated heterocycles. The largest absolute Gasteiger partial charge is 0.364 e. The number of nitrogens with zero attached hydrogens (tertiary/aromatic N) is 2. The van der Waals surface area contributed by atoms with E-state index in [2.05, 4.69) is 20.6 Å². The highest BCUT2D eigenvalue weighted by molar-refractivity contribution is 7.91. The lowest BCUT2D eigenvalue weighted by Crippen LogP contribution is -2.22. The highest BCUT2D eigenvalue weighted by Gasteiger charge is 2.28. The number of rotatable bonds is 4. The molecular formula is C10H15FN4O2S. The van der Waals surface area contributed by atoms with E-state index in [9.17, 15) is 12.8 Å². The second kappa shape index (κ2) is 5.05. The zero-order valence-corrected chi connectivity index (χ0v) is 10.8. The minimum atomic E-state index is -2.99. The van der Waals surface area contributed by atoms with Gasteiger partial charge >= 0.3 is 0 Å². The van der Waals surface area contributed by atoms with E-state index in [1.807, 2.05) is 6.92 Å². The lowest BCUT2D eigenvalue weighted by atomic mass is 10.2. The van der Waals surface area contributed by atoms with Gasteiger partial charge in [0.05, 0.1) is 17.7 Å². The highest BCUT2D eigenvalue weighted by atomic mass is 32.2. The number of aromatic nitrogens is 2. The Morgan fingerprint density at radius 1 is 1.56 bits per heavy atom. The van der Waals surface area contributed by atoms with Gasteiger partial charge < -0.3 is 10.6 Å². The van der Waals surface area contributed by atoms with Crippen molar-refractivity contribution in [1.29, 1.82) is 0 Å². The summed E-state index contributed by atoms with van der Waals surface area (Å²) in [6.45, 7) is 2.51. The number of nitrogens with one attached hydrogen (secondary N) is 2. The minimum Gasteiger partial charge on any atom is -0.364 e. The summed E-state index contributed by atoms with van der Waals surface area (Å²) in [4.78, 5) is 7.75. The SMILES string of the molecule is CCNc1ncc(F)c(NC2CCS(=O)(=O)C2)n1. The van der Waals surface area contributed by atoms with Crippen LogP contribution in [-0.4, -0.2) is 42.5 Å². The van der Waals surface area contributed by atoms with Crippen LogP contribution in [0.2, 0.25) is 0 Å². The van der Waals surface area contributed by atoms with E-state index in [4.69, 9.17) is 0 Å². The van der Waals surface area contributed by atoms with Gasteiger partial charge in [-0.15, -0.1) is 0 Å². The Kier molecular flexibility index (Phi) is 3.65. The van der Waals surface area contributed by atoms with E-state index < -0.39 is 15.7 Å². The van der Waals surface area contributed by atoms with Crippen molar-refractivity contribution in [1.82, 2.24) is 9.97 Å². The number of anilines is 2. The Hall–Kier alpha value is -1.44. The summed E-state index contributed by atoms with van der Waals surface area (Å²) in [5, 5.41) is 5.69. The second-order valence-electron chi connectivity index (χ2n) is 4.16. The molecule has 100 valence electrons. The third-order valence-electron chi connectivity index (χ3n) is 2.65. The van der Waals surface area contributed by atoms with Crippen molar-refractivity contribution in [2.24, 2.45) is 0 Å². The van der Waals surface area contributed by atoms with Crippen LogP contribution in [-0.2, 0) is 9.84 Å². The molecule has 1 fully saturated rings. The molecule has 0 bridgehead atoms. The standard InChI is InChI=1S/C10H15FN4O2S/c1-2-12-10-13-5-8(11)9(15-10)14-7-3-4-18(16,17)6-7/h5,7H,2-4,6H2,1H3,(H2,12,13,14,15). The molecule has 2 N–H and O–H groups in total. The van der Waals surface area contributed by atoms with Crippen molar-refractivity contribution in [3.05, 3.63) is 12.0 Å². The van der Waals surface area contributed by atoms with Gasteiger partial charge in [0.15, 0.2) is 21.5 Å². The molecule has 1 atom stereocenters. The third kappa shape index (κ3) is 3.06. The summed E-state index contributed by atoms with van der Waals surface area (Å²) < 4.78 is 36.1. The molecule has 2 heterocycles. The van der Waals surface area contributed by atoms with Gasteiger partial charge in [0, 0.05) is 12.6 Å². The first-order valence-electron chi connectivity index (χ1n) is 5.73. The lowest BCUT2D eigenvalue weighted by Gasteiger charge is -2.12. The number of hydrogen-bond donors (Lipinski definition) is 2. The van der Waals surface area contributed by atoms with E-state index in [0.717, 1.165) is 6.20 Å². The Balaban J connectivity index is 2.11. The molecule has 0 aromatic carbocycles. The van der Waals surface area contributed by atoms with E-state index in [1.165, 1.54) is 0 Å². The Morgan fingerprint density at radius 3 is 2.94 bits per heavy atom. The predicted molar refractivity (Wildman–Crippen MR) is 66.8 cm³/mol. The molecule has 18 heavy (non-hydrogen) atoms. The Labute approximate surface area is 105 Å². The Bertz CT molecular complexity index is 535. The lowest BCUT2D eigenvalue weighted by molar-refractivity contribution is 0.601. The van der Waals surface area contributed by atoms with Crippen molar-refractivity contribution in [3.63, 3.8) is 0 Å². The van der Waals surface area contributed by atoms with Gasteiger partial charge in [-0.1, -0.05) is 0 Å². The fourth-order valence-electron chi connectivity index (χ4n) is 1.81. The Morgan fingerprint density at radius 2 is 2.33 bits per heavy atom. The van der Waals surface area contributed by atoms with Gasteiger partial charge in [-0.2, -0.15) is 4.98 Å². The molecule has 0 amide bonds. The van der Waals surface area contributed by atoms with E-state index in [-0.39, 0.29) is 23.4 Å². The maximum atomic E-state index is 13.5. The van der Waals surface area contributed by atoms with Crippen molar-refractivity contribution in [2.75, 3.05) is 28.7 Å². The van der Waals surface area contributed by atoms with Crippen LogP contribution in [0.3, 0.4) is 0 Å². The smallest absolute Gasteiger partial charge is 0.224 e. The molecule has 1 aliphatic rings. The third-order valence-corrected chi connectivity index (χ3v) is 4.42. The summed E-state index contributed by atoms with van der Waals surface area (Å²) in [6.07, 6.45) is 1.54. The van der Waals surface area contributed by atoms with Crippen molar-refractivity contribution in [3.8, 4) is 0 Å². The van der Waals surface area contributed by atoms with Gasteiger partial charge in [-0.25, -0.2) is 17.8 Å². The molecule has 0 aliphatic carbocycles.